The minimum atomic E-state index is -0.384. The minimum absolute atomic E-state index is 0.112. The van der Waals surface area contributed by atoms with Gasteiger partial charge in [0.05, 0.1) is 19.3 Å². The van der Waals surface area contributed by atoms with Gasteiger partial charge >= 0.3 is 0 Å². The van der Waals surface area contributed by atoms with E-state index in [1.54, 1.807) is 35.5 Å². The molecule has 0 radical (unpaired) electrons. The number of hydrogen-bond donors (Lipinski definition) is 0. The molecule has 1 aliphatic rings. The van der Waals surface area contributed by atoms with E-state index >= 15 is 0 Å². The number of nitrogens with zero attached hydrogens (tertiary/aromatic N) is 3. The third kappa shape index (κ3) is 4.63. The van der Waals surface area contributed by atoms with E-state index in [1.807, 2.05) is 24.3 Å². The Morgan fingerprint density at radius 3 is 2.69 bits per heavy atom. The maximum Gasteiger partial charge on any atom is 0.254 e. The van der Waals surface area contributed by atoms with Crippen molar-refractivity contribution in [3.05, 3.63) is 70.3 Å². The predicted octanol–water partition coefficient (Wildman–Crippen LogP) is 3.92. The Morgan fingerprint density at radius 1 is 1.14 bits per heavy atom. The number of thiazole rings is 1. The molecule has 4 rings (SSSR count). The van der Waals surface area contributed by atoms with Gasteiger partial charge in [-0.05, 0) is 30.3 Å². The summed E-state index contributed by atoms with van der Waals surface area (Å²) in [4.78, 5) is 21.4. The molecule has 1 aromatic heterocycles. The van der Waals surface area contributed by atoms with Crippen molar-refractivity contribution in [3.63, 3.8) is 0 Å². The van der Waals surface area contributed by atoms with Gasteiger partial charge in [0.25, 0.3) is 5.91 Å². The lowest BCUT2D eigenvalue weighted by Gasteiger charge is -2.34. The molecule has 0 saturated carbocycles. The van der Waals surface area contributed by atoms with E-state index in [0.717, 1.165) is 41.6 Å². The number of halogens is 1. The highest BCUT2D eigenvalue weighted by Gasteiger charge is 2.23. The second-order valence-corrected chi connectivity index (χ2v) is 7.88. The monoisotopic (exact) mass is 411 g/mol. The smallest absolute Gasteiger partial charge is 0.254 e. The van der Waals surface area contributed by atoms with Crippen LogP contribution in [0.4, 0.5) is 4.39 Å². The molecule has 0 bridgehead atoms. The number of methoxy groups -OCH3 is 1. The number of benzene rings is 2. The van der Waals surface area contributed by atoms with Crippen LogP contribution in [0.2, 0.25) is 0 Å². The predicted molar refractivity (Wildman–Crippen MR) is 112 cm³/mol. The molecule has 2 aromatic carbocycles. The molecule has 1 amide bonds. The maximum absolute atomic E-state index is 13.4. The summed E-state index contributed by atoms with van der Waals surface area (Å²) in [5, 5.41) is 3.11. The molecular weight excluding hydrogens is 389 g/mol. The Kier molecular flexibility index (Phi) is 5.87. The number of ether oxygens (including phenoxy) is 1. The summed E-state index contributed by atoms with van der Waals surface area (Å²) in [7, 11) is 1.66. The third-order valence-electron chi connectivity index (χ3n) is 5.01. The van der Waals surface area contributed by atoms with Gasteiger partial charge in [-0.3, -0.25) is 9.69 Å². The van der Waals surface area contributed by atoms with Crippen LogP contribution in [0.25, 0.3) is 11.3 Å². The number of rotatable bonds is 5. The SMILES string of the molecule is COc1cccc(-c2csc(CN3CCN(C(=O)c4cccc(F)c4)CC3)n2)c1. The Morgan fingerprint density at radius 2 is 1.93 bits per heavy atom. The first kappa shape index (κ1) is 19.5. The molecule has 2 heterocycles. The van der Waals surface area contributed by atoms with Crippen molar-refractivity contribution in [2.24, 2.45) is 0 Å². The van der Waals surface area contributed by atoms with Gasteiger partial charge in [-0.2, -0.15) is 0 Å². The molecule has 3 aromatic rings. The summed E-state index contributed by atoms with van der Waals surface area (Å²) >= 11 is 1.64. The van der Waals surface area contributed by atoms with Crippen LogP contribution in [0.3, 0.4) is 0 Å². The fraction of sp³-hybridized carbons (Fsp3) is 0.273. The van der Waals surface area contributed by atoms with Crippen molar-refractivity contribution in [2.75, 3.05) is 33.3 Å². The molecule has 5 nitrogen and oxygen atoms in total. The number of aromatic nitrogens is 1. The first-order valence-electron chi connectivity index (χ1n) is 9.48. The molecule has 7 heteroatoms. The van der Waals surface area contributed by atoms with Crippen LogP contribution < -0.4 is 4.74 Å². The molecule has 0 aliphatic carbocycles. The molecule has 0 N–H and O–H groups in total. The zero-order valence-corrected chi connectivity index (χ0v) is 17.0. The van der Waals surface area contributed by atoms with Crippen LogP contribution in [0.1, 0.15) is 15.4 Å². The summed E-state index contributed by atoms with van der Waals surface area (Å²) in [5.74, 6) is 0.319. The van der Waals surface area contributed by atoms with Crippen molar-refractivity contribution in [2.45, 2.75) is 6.54 Å². The van der Waals surface area contributed by atoms with Crippen LogP contribution >= 0.6 is 11.3 Å². The van der Waals surface area contributed by atoms with E-state index in [-0.39, 0.29) is 11.7 Å². The highest BCUT2D eigenvalue weighted by Crippen LogP contribution is 2.26. The number of hydrogen-bond acceptors (Lipinski definition) is 5. The molecule has 1 aliphatic heterocycles. The molecule has 1 saturated heterocycles. The van der Waals surface area contributed by atoms with Gasteiger partial charge in [-0.25, -0.2) is 9.37 Å². The first-order chi connectivity index (χ1) is 14.1. The van der Waals surface area contributed by atoms with Gasteiger partial charge in [0, 0.05) is 42.7 Å². The number of piperazine rings is 1. The summed E-state index contributed by atoms with van der Waals surface area (Å²) in [6.45, 7) is 3.56. The molecular formula is C22H22FN3O2S. The maximum atomic E-state index is 13.4. The summed E-state index contributed by atoms with van der Waals surface area (Å²) in [6, 6.07) is 13.8. The lowest BCUT2D eigenvalue weighted by atomic mass is 10.1. The van der Waals surface area contributed by atoms with Gasteiger partial charge < -0.3 is 9.64 Å². The molecule has 0 atom stereocenters. The van der Waals surface area contributed by atoms with Gasteiger partial charge in [-0.15, -0.1) is 11.3 Å². The first-order valence-corrected chi connectivity index (χ1v) is 10.4. The van der Waals surface area contributed by atoms with Gasteiger partial charge in [-0.1, -0.05) is 18.2 Å². The molecule has 0 spiro atoms. The van der Waals surface area contributed by atoms with Crippen molar-refractivity contribution < 1.29 is 13.9 Å². The van der Waals surface area contributed by atoms with Gasteiger partial charge in [0.1, 0.15) is 16.6 Å². The van der Waals surface area contributed by atoms with Gasteiger partial charge in [0.2, 0.25) is 0 Å². The largest absolute Gasteiger partial charge is 0.497 e. The highest BCUT2D eigenvalue weighted by molar-refractivity contribution is 7.09. The van der Waals surface area contributed by atoms with Crippen LogP contribution in [0, 0.1) is 5.82 Å². The highest BCUT2D eigenvalue weighted by atomic mass is 32.1. The Labute approximate surface area is 173 Å². The van der Waals surface area contributed by atoms with Crippen LogP contribution in [-0.2, 0) is 6.54 Å². The van der Waals surface area contributed by atoms with Crippen molar-refractivity contribution in [1.29, 1.82) is 0 Å². The van der Waals surface area contributed by atoms with Gasteiger partial charge in [0.15, 0.2) is 0 Å². The van der Waals surface area contributed by atoms with Crippen LogP contribution in [0.5, 0.6) is 5.75 Å². The topological polar surface area (TPSA) is 45.7 Å². The Balaban J connectivity index is 1.34. The second kappa shape index (κ2) is 8.71. The average molecular weight is 412 g/mol. The van der Waals surface area contributed by atoms with E-state index in [4.69, 9.17) is 9.72 Å². The number of amides is 1. The molecule has 150 valence electrons. The molecule has 29 heavy (non-hydrogen) atoms. The lowest BCUT2D eigenvalue weighted by Crippen LogP contribution is -2.48. The van der Waals surface area contributed by atoms with E-state index in [2.05, 4.69) is 10.3 Å². The third-order valence-corrected chi connectivity index (χ3v) is 5.84. The van der Waals surface area contributed by atoms with E-state index in [0.29, 0.717) is 18.7 Å². The molecule has 0 unspecified atom stereocenters. The van der Waals surface area contributed by atoms with Crippen molar-refractivity contribution in [3.8, 4) is 17.0 Å². The lowest BCUT2D eigenvalue weighted by molar-refractivity contribution is 0.0628. The zero-order chi connectivity index (χ0) is 20.2. The van der Waals surface area contributed by atoms with E-state index in [9.17, 15) is 9.18 Å². The Bertz CT molecular complexity index is 999. The number of carbonyl (C=O) groups is 1. The van der Waals surface area contributed by atoms with E-state index < -0.39 is 0 Å². The van der Waals surface area contributed by atoms with Crippen LogP contribution in [0.15, 0.2) is 53.9 Å². The normalized spacial score (nSPS) is 14.8. The fourth-order valence-corrected chi connectivity index (χ4v) is 4.25. The standard InChI is InChI=1S/C22H22FN3O2S/c1-28-19-7-3-4-16(13-19)20-15-29-21(24-20)14-25-8-10-26(11-9-25)22(27)17-5-2-6-18(23)12-17/h2-7,12-13,15H,8-11,14H2,1H3. The quantitative estimate of drug-likeness (QED) is 0.639. The number of carbonyl (C=O) groups excluding carboxylic acids is 1. The molecule has 1 fully saturated rings. The van der Waals surface area contributed by atoms with Crippen molar-refractivity contribution in [1.82, 2.24) is 14.8 Å². The average Bonchev–Trinajstić information content (AvgIpc) is 3.22. The van der Waals surface area contributed by atoms with Crippen molar-refractivity contribution >= 4 is 17.2 Å². The van der Waals surface area contributed by atoms with E-state index in [1.165, 1.54) is 12.1 Å². The second-order valence-electron chi connectivity index (χ2n) is 6.94. The minimum Gasteiger partial charge on any atom is -0.497 e. The fourth-order valence-electron chi connectivity index (χ4n) is 3.40. The van der Waals surface area contributed by atoms with Crippen LogP contribution in [-0.4, -0.2) is 54.0 Å². The summed E-state index contributed by atoms with van der Waals surface area (Å²) in [6.07, 6.45) is 0. The Hall–Kier alpha value is -2.77. The summed E-state index contributed by atoms with van der Waals surface area (Å²) in [5.41, 5.74) is 2.39. The summed E-state index contributed by atoms with van der Waals surface area (Å²) < 4.78 is 18.7. The zero-order valence-electron chi connectivity index (χ0n) is 16.2.